The molecule has 0 atom stereocenters. The van der Waals surface area contributed by atoms with Gasteiger partial charge >= 0.3 is 0 Å². The molecule has 2 amide bonds. The molecule has 0 fully saturated rings. The number of hydrogen-bond donors (Lipinski definition) is 2. The summed E-state index contributed by atoms with van der Waals surface area (Å²) in [5.74, 6) is -0.257. The Labute approximate surface area is 168 Å². The van der Waals surface area contributed by atoms with Crippen molar-refractivity contribution in [3.63, 3.8) is 0 Å². The molecule has 27 heavy (non-hydrogen) atoms. The first-order valence-electron chi connectivity index (χ1n) is 8.01. The Bertz CT molecular complexity index is 1040. The third-order valence-corrected chi connectivity index (χ3v) is 5.21. The van der Waals surface area contributed by atoms with Crippen molar-refractivity contribution >= 4 is 45.3 Å². The second kappa shape index (κ2) is 8.05. The molecule has 0 spiro atoms. The van der Waals surface area contributed by atoms with Gasteiger partial charge in [-0.15, -0.1) is 5.10 Å². The molecule has 2 N–H and O–H groups in total. The number of nitrogens with zero attached hydrogens (tertiary/aromatic N) is 4. The zero-order chi connectivity index (χ0) is 19.6. The normalized spacial score (nSPS) is 10.8. The number of fused-ring (bicyclic) bond motifs is 1. The standard InChI is InChI=1S/C17H17BrN6O2S/c1-9-12(10(2)24-16(19-9)20-17(23-24)27-3)8-14(25)21-22-15(26)11-6-4-5-7-13(11)18/h4-7H,8H2,1-3H3,(H,21,25)(H,22,26). The van der Waals surface area contributed by atoms with Crippen molar-refractivity contribution in [2.24, 2.45) is 0 Å². The highest BCUT2D eigenvalue weighted by molar-refractivity contribution is 9.10. The fraction of sp³-hybridized carbons (Fsp3) is 0.235. The van der Waals surface area contributed by atoms with E-state index in [9.17, 15) is 9.59 Å². The summed E-state index contributed by atoms with van der Waals surface area (Å²) in [6.45, 7) is 3.69. The predicted molar refractivity (Wildman–Crippen MR) is 105 cm³/mol. The maximum atomic E-state index is 12.3. The second-order valence-electron chi connectivity index (χ2n) is 5.73. The molecular weight excluding hydrogens is 432 g/mol. The number of halogens is 1. The number of amides is 2. The van der Waals surface area contributed by atoms with Crippen LogP contribution in [0.25, 0.3) is 5.78 Å². The molecule has 0 unspecified atom stereocenters. The number of carbonyl (C=O) groups excluding carboxylic acids is 2. The Balaban J connectivity index is 1.72. The highest BCUT2D eigenvalue weighted by Gasteiger charge is 2.17. The van der Waals surface area contributed by atoms with Crippen LogP contribution in [-0.2, 0) is 11.2 Å². The molecule has 140 valence electrons. The minimum Gasteiger partial charge on any atom is -0.273 e. The van der Waals surface area contributed by atoms with Crippen LogP contribution in [0.15, 0.2) is 33.9 Å². The third kappa shape index (κ3) is 4.11. The lowest BCUT2D eigenvalue weighted by atomic mass is 10.1. The van der Waals surface area contributed by atoms with Gasteiger partial charge < -0.3 is 0 Å². The number of hydrogen-bond acceptors (Lipinski definition) is 6. The van der Waals surface area contributed by atoms with E-state index in [0.29, 0.717) is 26.7 Å². The molecule has 0 saturated carbocycles. The van der Waals surface area contributed by atoms with Crippen LogP contribution in [0.5, 0.6) is 0 Å². The molecule has 0 bridgehead atoms. The smallest absolute Gasteiger partial charge is 0.270 e. The van der Waals surface area contributed by atoms with Gasteiger partial charge in [0, 0.05) is 21.4 Å². The first kappa shape index (κ1) is 19.3. The van der Waals surface area contributed by atoms with Crippen LogP contribution >= 0.6 is 27.7 Å². The fourth-order valence-electron chi connectivity index (χ4n) is 2.58. The van der Waals surface area contributed by atoms with Gasteiger partial charge in [-0.2, -0.15) is 4.98 Å². The third-order valence-electron chi connectivity index (χ3n) is 3.98. The molecule has 10 heteroatoms. The summed E-state index contributed by atoms with van der Waals surface area (Å²) in [7, 11) is 0. The van der Waals surface area contributed by atoms with Gasteiger partial charge in [0.15, 0.2) is 0 Å². The molecular formula is C17H17BrN6O2S. The van der Waals surface area contributed by atoms with Gasteiger partial charge in [0.05, 0.1) is 12.0 Å². The van der Waals surface area contributed by atoms with Gasteiger partial charge in [-0.1, -0.05) is 23.9 Å². The van der Waals surface area contributed by atoms with Gasteiger partial charge in [-0.25, -0.2) is 9.50 Å². The predicted octanol–water partition coefficient (Wildman–Crippen LogP) is 2.23. The zero-order valence-corrected chi connectivity index (χ0v) is 17.3. The largest absolute Gasteiger partial charge is 0.273 e. The Hall–Kier alpha value is -2.46. The first-order valence-corrected chi connectivity index (χ1v) is 10.0. The van der Waals surface area contributed by atoms with Crippen LogP contribution in [0.2, 0.25) is 0 Å². The lowest BCUT2D eigenvalue weighted by Crippen LogP contribution is -2.42. The maximum Gasteiger partial charge on any atom is 0.270 e. The minimum atomic E-state index is -0.404. The summed E-state index contributed by atoms with van der Waals surface area (Å²) in [6, 6.07) is 6.97. The van der Waals surface area contributed by atoms with E-state index in [4.69, 9.17) is 0 Å². The van der Waals surface area contributed by atoms with Gasteiger partial charge in [0.25, 0.3) is 11.7 Å². The van der Waals surface area contributed by atoms with E-state index >= 15 is 0 Å². The molecule has 3 aromatic rings. The zero-order valence-electron chi connectivity index (χ0n) is 14.9. The Morgan fingerprint density at radius 1 is 1.19 bits per heavy atom. The number of benzene rings is 1. The van der Waals surface area contributed by atoms with Gasteiger partial charge in [-0.3, -0.25) is 20.4 Å². The van der Waals surface area contributed by atoms with Crippen molar-refractivity contribution < 1.29 is 9.59 Å². The summed E-state index contributed by atoms with van der Waals surface area (Å²) in [5.41, 5.74) is 7.53. The quantitative estimate of drug-likeness (QED) is 0.468. The van der Waals surface area contributed by atoms with Crippen LogP contribution in [0.4, 0.5) is 0 Å². The van der Waals surface area contributed by atoms with Gasteiger partial charge in [0.1, 0.15) is 0 Å². The molecule has 2 aromatic heterocycles. The fourth-order valence-corrected chi connectivity index (χ4v) is 3.38. The number of nitrogens with one attached hydrogen (secondary N) is 2. The van der Waals surface area contributed by atoms with Crippen LogP contribution in [0, 0.1) is 13.8 Å². The van der Waals surface area contributed by atoms with E-state index in [1.54, 1.807) is 28.8 Å². The lowest BCUT2D eigenvalue weighted by molar-refractivity contribution is -0.121. The summed E-state index contributed by atoms with van der Waals surface area (Å²) in [6.07, 6.45) is 1.95. The highest BCUT2D eigenvalue weighted by Crippen LogP contribution is 2.17. The second-order valence-corrected chi connectivity index (χ2v) is 7.36. The average Bonchev–Trinajstić information content (AvgIpc) is 3.07. The van der Waals surface area contributed by atoms with E-state index in [0.717, 1.165) is 11.3 Å². The number of aromatic nitrogens is 4. The van der Waals surface area contributed by atoms with E-state index < -0.39 is 5.91 Å². The Kier molecular flexibility index (Phi) is 5.76. The molecule has 8 nitrogen and oxygen atoms in total. The molecule has 0 aliphatic carbocycles. The van der Waals surface area contributed by atoms with E-state index in [2.05, 4.69) is 41.8 Å². The molecule has 0 aliphatic rings. The van der Waals surface area contributed by atoms with Gasteiger partial charge in [0.2, 0.25) is 11.1 Å². The monoisotopic (exact) mass is 448 g/mol. The van der Waals surface area contributed by atoms with E-state index in [-0.39, 0.29) is 12.3 Å². The molecule has 1 aromatic carbocycles. The summed E-state index contributed by atoms with van der Waals surface area (Å²) in [4.78, 5) is 33.2. The highest BCUT2D eigenvalue weighted by atomic mass is 79.9. The van der Waals surface area contributed by atoms with Crippen molar-refractivity contribution in [3.8, 4) is 0 Å². The molecule has 0 aliphatic heterocycles. The summed E-state index contributed by atoms with van der Waals surface area (Å²) >= 11 is 4.73. The Morgan fingerprint density at radius 2 is 1.93 bits per heavy atom. The van der Waals surface area contributed by atoms with Crippen LogP contribution in [0.3, 0.4) is 0 Å². The summed E-state index contributed by atoms with van der Waals surface area (Å²) < 4.78 is 2.27. The maximum absolute atomic E-state index is 12.3. The molecule has 0 radical (unpaired) electrons. The average molecular weight is 449 g/mol. The van der Waals surface area contributed by atoms with Crippen LogP contribution < -0.4 is 10.9 Å². The van der Waals surface area contributed by atoms with Crippen molar-refractivity contribution in [1.29, 1.82) is 0 Å². The molecule has 2 heterocycles. The van der Waals surface area contributed by atoms with Crippen molar-refractivity contribution in [3.05, 3.63) is 51.3 Å². The first-order chi connectivity index (χ1) is 12.9. The number of hydrazine groups is 1. The number of thioether (sulfide) groups is 1. The van der Waals surface area contributed by atoms with Crippen molar-refractivity contribution in [2.45, 2.75) is 25.4 Å². The lowest BCUT2D eigenvalue weighted by Gasteiger charge is -2.11. The number of rotatable bonds is 4. The van der Waals surface area contributed by atoms with E-state index in [1.807, 2.05) is 20.1 Å². The van der Waals surface area contributed by atoms with Crippen molar-refractivity contribution in [1.82, 2.24) is 30.4 Å². The molecule has 3 rings (SSSR count). The number of aryl methyl sites for hydroxylation is 2. The van der Waals surface area contributed by atoms with Crippen LogP contribution in [0.1, 0.15) is 27.3 Å². The van der Waals surface area contributed by atoms with Gasteiger partial charge in [-0.05, 0) is 48.2 Å². The topological polar surface area (TPSA) is 101 Å². The minimum absolute atomic E-state index is 0.0608. The van der Waals surface area contributed by atoms with Crippen LogP contribution in [-0.4, -0.2) is 37.7 Å². The SMILES string of the molecule is CSc1nc2nc(C)c(CC(=O)NNC(=O)c3ccccc3Br)c(C)n2n1. The van der Waals surface area contributed by atoms with Crippen molar-refractivity contribution in [2.75, 3.05) is 6.26 Å². The number of carbonyl (C=O) groups is 2. The summed E-state index contributed by atoms with van der Waals surface area (Å²) in [5, 5.41) is 4.98. The van der Waals surface area contributed by atoms with E-state index in [1.165, 1.54) is 11.8 Å². The molecule has 0 saturated heterocycles. The Morgan fingerprint density at radius 3 is 2.63 bits per heavy atom.